The molecule has 5 aromatic rings. The van der Waals surface area contributed by atoms with Crippen LogP contribution in [0.5, 0.6) is 5.75 Å². The van der Waals surface area contributed by atoms with E-state index in [0.29, 0.717) is 5.65 Å². The Labute approximate surface area is 176 Å². The molecule has 6 heteroatoms. The summed E-state index contributed by atoms with van der Waals surface area (Å²) in [6.45, 7) is 2.07. The summed E-state index contributed by atoms with van der Waals surface area (Å²) in [6, 6.07) is 22.0. The number of halogens is 1. The second-order valence-corrected chi connectivity index (χ2v) is 7.65. The summed E-state index contributed by atoms with van der Waals surface area (Å²) in [5, 5.41) is 0. The van der Waals surface area contributed by atoms with Crippen molar-refractivity contribution < 1.29 is 4.74 Å². The van der Waals surface area contributed by atoms with Crippen LogP contribution in [-0.4, -0.2) is 26.6 Å². The van der Waals surface area contributed by atoms with Crippen LogP contribution in [-0.2, 0) is 0 Å². The third-order valence-electron chi connectivity index (χ3n) is 4.92. The molecule has 2 aromatic heterocycles. The molecule has 0 bridgehead atoms. The molecule has 0 aliphatic carbocycles. The minimum Gasteiger partial charge on any atom is -0.497 e. The molecule has 5 rings (SSSR count). The Morgan fingerprint density at radius 1 is 0.862 bits per heavy atom. The minimum absolute atomic E-state index is 0.620. The number of fused-ring (bicyclic) bond motifs is 2. The Morgan fingerprint density at radius 2 is 1.59 bits per heavy atom. The molecule has 3 aromatic carbocycles. The molecular formula is C23H17BrN4O. The Morgan fingerprint density at radius 3 is 2.28 bits per heavy atom. The molecule has 0 radical (unpaired) electrons. The quantitative estimate of drug-likeness (QED) is 0.357. The monoisotopic (exact) mass is 444 g/mol. The summed E-state index contributed by atoms with van der Waals surface area (Å²) in [7, 11) is 1.66. The maximum atomic E-state index is 5.30. The highest BCUT2D eigenvalue weighted by molar-refractivity contribution is 9.10. The van der Waals surface area contributed by atoms with Crippen molar-refractivity contribution in [1.29, 1.82) is 0 Å². The molecule has 0 fully saturated rings. The lowest BCUT2D eigenvalue weighted by molar-refractivity contribution is 0.415. The van der Waals surface area contributed by atoms with E-state index >= 15 is 0 Å². The maximum absolute atomic E-state index is 5.30. The zero-order valence-electron chi connectivity index (χ0n) is 15.9. The third-order valence-corrected chi connectivity index (χ3v) is 5.81. The largest absolute Gasteiger partial charge is 0.497 e. The van der Waals surface area contributed by atoms with Crippen molar-refractivity contribution in [3.8, 4) is 22.8 Å². The van der Waals surface area contributed by atoms with E-state index in [-0.39, 0.29) is 0 Å². The number of hydrogen-bond donors (Lipinski definition) is 0. The van der Waals surface area contributed by atoms with Gasteiger partial charge in [-0.2, -0.15) is 0 Å². The lowest BCUT2D eigenvalue weighted by Crippen LogP contribution is -2.00. The highest BCUT2D eigenvalue weighted by Crippen LogP contribution is 2.30. The van der Waals surface area contributed by atoms with Crippen LogP contribution in [0.25, 0.3) is 39.4 Å². The first kappa shape index (κ1) is 17.8. The number of rotatable bonds is 3. The molecule has 0 saturated carbocycles. The first-order chi connectivity index (χ1) is 14.1. The average Bonchev–Trinajstić information content (AvgIpc) is 3.12. The van der Waals surface area contributed by atoms with Crippen LogP contribution >= 0.6 is 15.9 Å². The van der Waals surface area contributed by atoms with E-state index in [9.17, 15) is 0 Å². The molecule has 2 heterocycles. The fourth-order valence-electron chi connectivity index (χ4n) is 3.40. The van der Waals surface area contributed by atoms with Crippen molar-refractivity contribution in [2.75, 3.05) is 7.11 Å². The van der Waals surface area contributed by atoms with Gasteiger partial charge in [0.05, 0.1) is 18.1 Å². The molecule has 0 unspecified atom stereocenters. The first-order valence-electron chi connectivity index (χ1n) is 9.20. The van der Waals surface area contributed by atoms with Crippen molar-refractivity contribution in [2.24, 2.45) is 0 Å². The number of methoxy groups -OCH3 is 1. The summed E-state index contributed by atoms with van der Waals surface area (Å²) >= 11 is 3.59. The standard InChI is InChI=1S/C23H17BrN4O/c1-14-13-16(9-12-18(14)24)28-22(15-7-10-17(29-2)11-8-15)27-21-23(28)26-20-6-4-3-5-19(20)25-21/h3-13H,1-2H3. The van der Waals surface area contributed by atoms with E-state index in [1.54, 1.807) is 7.11 Å². The number of imidazole rings is 1. The van der Waals surface area contributed by atoms with Crippen LogP contribution in [0.15, 0.2) is 71.2 Å². The summed E-state index contributed by atoms with van der Waals surface area (Å²) in [5.74, 6) is 1.59. The summed E-state index contributed by atoms with van der Waals surface area (Å²) in [5.41, 5.74) is 6.12. The molecule has 0 atom stereocenters. The zero-order chi connectivity index (χ0) is 20.0. The highest BCUT2D eigenvalue weighted by Gasteiger charge is 2.18. The molecule has 5 nitrogen and oxygen atoms in total. The fraction of sp³-hybridized carbons (Fsp3) is 0.0870. The first-order valence-corrected chi connectivity index (χ1v) is 9.99. The van der Waals surface area contributed by atoms with E-state index < -0.39 is 0 Å². The van der Waals surface area contributed by atoms with E-state index in [1.807, 2.05) is 54.6 Å². The number of nitrogens with zero attached hydrogens (tertiary/aromatic N) is 4. The van der Waals surface area contributed by atoms with Crippen molar-refractivity contribution in [3.05, 3.63) is 76.8 Å². The predicted octanol–water partition coefficient (Wildman–Crippen LogP) is 5.72. The van der Waals surface area contributed by atoms with E-state index in [2.05, 4.69) is 39.6 Å². The zero-order valence-corrected chi connectivity index (χ0v) is 17.5. The molecule has 0 spiro atoms. The van der Waals surface area contributed by atoms with Gasteiger partial charge >= 0.3 is 0 Å². The molecule has 142 valence electrons. The van der Waals surface area contributed by atoms with Gasteiger partial charge in [0.15, 0.2) is 11.3 Å². The number of benzene rings is 3. The molecule has 29 heavy (non-hydrogen) atoms. The minimum atomic E-state index is 0.620. The molecule has 0 aliphatic heterocycles. The van der Waals surface area contributed by atoms with Gasteiger partial charge in [0.1, 0.15) is 11.6 Å². The number of para-hydroxylation sites is 2. The van der Waals surface area contributed by atoms with Gasteiger partial charge in [0.2, 0.25) is 0 Å². The molecule has 0 aliphatic rings. The van der Waals surface area contributed by atoms with Crippen LogP contribution in [0, 0.1) is 6.92 Å². The normalized spacial score (nSPS) is 11.3. The second kappa shape index (κ2) is 6.97. The summed E-state index contributed by atoms with van der Waals surface area (Å²) in [4.78, 5) is 14.5. The Hall–Kier alpha value is -3.25. The molecule has 0 amide bonds. The predicted molar refractivity (Wildman–Crippen MR) is 119 cm³/mol. The lowest BCUT2D eigenvalue weighted by Gasteiger charge is -2.11. The van der Waals surface area contributed by atoms with Gasteiger partial charge in [-0.05, 0) is 67.1 Å². The van der Waals surface area contributed by atoms with Crippen LogP contribution in [0.2, 0.25) is 0 Å². The van der Waals surface area contributed by atoms with Gasteiger partial charge < -0.3 is 4.74 Å². The number of aromatic nitrogens is 4. The fourth-order valence-corrected chi connectivity index (χ4v) is 3.65. The highest BCUT2D eigenvalue weighted by atomic mass is 79.9. The Bertz CT molecular complexity index is 1360. The molecule has 0 N–H and O–H groups in total. The van der Waals surface area contributed by atoms with Crippen LogP contribution in [0.1, 0.15) is 5.56 Å². The van der Waals surface area contributed by atoms with Gasteiger partial charge in [0.25, 0.3) is 0 Å². The number of hydrogen-bond acceptors (Lipinski definition) is 4. The van der Waals surface area contributed by atoms with Crippen LogP contribution in [0.3, 0.4) is 0 Å². The van der Waals surface area contributed by atoms with E-state index in [1.165, 1.54) is 0 Å². The lowest BCUT2D eigenvalue weighted by atomic mass is 10.2. The third kappa shape index (κ3) is 3.06. The topological polar surface area (TPSA) is 52.8 Å². The average molecular weight is 445 g/mol. The molecule has 0 saturated heterocycles. The van der Waals surface area contributed by atoms with Crippen molar-refractivity contribution in [3.63, 3.8) is 0 Å². The van der Waals surface area contributed by atoms with Crippen molar-refractivity contribution >= 4 is 38.3 Å². The van der Waals surface area contributed by atoms with E-state index in [0.717, 1.165) is 49.5 Å². The smallest absolute Gasteiger partial charge is 0.199 e. The van der Waals surface area contributed by atoms with E-state index in [4.69, 9.17) is 19.7 Å². The van der Waals surface area contributed by atoms with Crippen molar-refractivity contribution in [2.45, 2.75) is 6.92 Å². The van der Waals surface area contributed by atoms with Gasteiger partial charge in [-0.1, -0.05) is 28.1 Å². The number of aryl methyl sites for hydroxylation is 1. The van der Waals surface area contributed by atoms with Gasteiger partial charge in [-0.25, -0.2) is 15.0 Å². The van der Waals surface area contributed by atoms with Gasteiger partial charge in [-0.15, -0.1) is 0 Å². The number of ether oxygens (including phenoxy) is 1. The maximum Gasteiger partial charge on any atom is 0.199 e. The summed E-state index contributed by atoms with van der Waals surface area (Å²) < 4.78 is 8.43. The Balaban J connectivity index is 1.84. The van der Waals surface area contributed by atoms with Gasteiger partial charge in [0, 0.05) is 15.7 Å². The van der Waals surface area contributed by atoms with Crippen LogP contribution in [0.4, 0.5) is 0 Å². The SMILES string of the molecule is COc1ccc(-c2nc3nc4ccccc4nc3n2-c2ccc(Br)c(C)c2)cc1. The molecular weight excluding hydrogens is 428 g/mol. The second-order valence-electron chi connectivity index (χ2n) is 6.79. The van der Waals surface area contributed by atoms with Gasteiger partial charge in [-0.3, -0.25) is 4.57 Å². The Kier molecular flexibility index (Phi) is 4.28. The van der Waals surface area contributed by atoms with Crippen LogP contribution < -0.4 is 4.74 Å². The summed E-state index contributed by atoms with van der Waals surface area (Å²) in [6.07, 6.45) is 0. The van der Waals surface area contributed by atoms with Crippen molar-refractivity contribution in [1.82, 2.24) is 19.5 Å².